The van der Waals surface area contributed by atoms with Crippen LogP contribution in [-0.2, 0) is 4.57 Å². The highest BCUT2D eigenvalue weighted by Gasteiger charge is 2.19. The summed E-state index contributed by atoms with van der Waals surface area (Å²) in [5, 5.41) is 8.62. The number of nitrogens with two attached hydrogens (primary N) is 1. The third-order valence-electron chi connectivity index (χ3n) is 2.48. The number of anilines is 1. The van der Waals surface area contributed by atoms with Crippen molar-refractivity contribution in [2.24, 2.45) is 0 Å². The third-order valence-corrected chi connectivity index (χ3v) is 5.18. The van der Waals surface area contributed by atoms with Gasteiger partial charge < -0.3 is 25.5 Å². The Balaban J connectivity index is 2.07. The lowest BCUT2D eigenvalue weighted by Gasteiger charge is -2.15. The zero-order valence-corrected chi connectivity index (χ0v) is 12.8. The highest BCUT2D eigenvalue weighted by Crippen LogP contribution is 2.39. The number of nitrogen functional groups attached to an aromatic ring is 1. The first kappa shape index (κ1) is 16.8. The molecule has 0 bridgehead atoms. The number of thioether (sulfide) groups is 1. The van der Waals surface area contributed by atoms with Crippen molar-refractivity contribution in [3.05, 3.63) is 16.7 Å². The highest BCUT2D eigenvalue weighted by molar-refractivity contribution is 8.04. The Morgan fingerprint density at radius 1 is 1.55 bits per heavy atom. The first-order valence-corrected chi connectivity index (χ1v) is 8.78. The van der Waals surface area contributed by atoms with Crippen molar-refractivity contribution in [2.75, 3.05) is 24.4 Å². The van der Waals surface area contributed by atoms with Gasteiger partial charge in [0.25, 0.3) is 5.56 Å². The monoisotopic (exact) mass is 351 g/mol. The SMILES string of the molecule is Nc1nc2c(ncn2OCC(CO)SCP(=O)(O)O)c(=O)[nH]1. The molecule has 1 atom stereocenters. The fourth-order valence-electron chi connectivity index (χ4n) is 1.52. The molecule has 0 aliphatic rings. The van der Waals surface area contributed by atoms with Crippen molar-refractivity contribution >= 4 is 36.5 Å². The number of hydrogen-bond acceptors (Lipinski definition) is 8. The van der Waals surface area contributed by atoms with Gasteiger partial charge in [-0.2, -0.15) is 9.71 Å². The van der Waals surface area contributed by atoms with Crippen LogP contribution in [-0.4, -0.2) is 58.5 Å². The van der Waals surface area contributed by atoms with Crippen LogP contribution in [0, 0.1) is 0 Å². The number of aromatic amines is 1. The number of imidazole rings is 1. The first-order valence-electron chi connectivity index (χ1n) is 5.93. The molecule has 0 amide bonds. The van der Waals surface area contributed by atoms with Crippen molar-refractivity contribution in [1.82, 2.24) is 19.7 Å². The lowest BCUT2D eigenvalue weighted by Crippen LogP contribution is -2.25. The lowest BCUT2D eigenvalue weighted by atomic mass is 10.5. The maximum Gasteiger partial charge on any atom is 0.335 e. The molecule has 2 aromatic rings. The van der Waals surface area contributed by atoms with E-state index in [1.165, 1.54) is 6.33 Å². The molecule has 6 N–H and O–H groups in total. The minimum absolute atomic E-state index is 0.0395. The van der Waals surface area contributed by atoms with Gasteiger partial charge in [-0.1, -0.05) is 0 Å². The van der Waals surface area contributed by atoms with Crippen LogP contribution in [0.2, 0.25) is 0 Å². The predicted molar refractivity (Wildman–Crippen MR) is 79.4 cm³/mol. The minimum atomic E-state index is -4.17. The number of aliphatic hydroxyl groups excluding tert-OH is 1. The van der Waals surface area contributed by atoms with Gasteiger partial charge in [-0.15, -0.1) is 11.8 Å². The molecule has 2 heterocycles. The number of H-pyrrole nitrogens is 1. The second-order valence-corrected chi connectivity index (χ2v) is 7.62. The molecule has 2 aromatic heterocycles. The summed E-state index contributed by atoms with van der Waals surface area (Å²) in [5.74, 6) is -0.0996. The minimum Gasteiger partial charge on any atom is -0.410 e. The molecule has 0 saturated heterocycles. The summed E-state index contributed by atoms with van der Waals surface area (Å²) in [6, 6.07) is 0. The quantitative estimate of drug-likeness (QED) is 0.363. The average Bonchev–Trinajstić information content (AvgIpc) is 2.81. The maximum atomic E-state index is 11.6. The average molecular weight is 351 g/mol. The smallest absolute Gasteiger partial charge is 0.335 e. The highest BCUT2D eigenvalue weighted by atomic mass is 32.2. The van der Waals surface area contributed by atoms with Crippen LogP contribution in [0.4, 0.5) is 5.95 Å². The molecule has 11 nitrogen and oxygen atoms in total. The van der Waals surface area contributed by atoms with Gasteiger partial charge >= 0.3 is 7.60 Å². The van der Waals surface area contributed by atoms with E-state index in [-0.39, 0.29) is 30.3 Å². The van der Waals surface area contributed by atoms with Gasteiger partial charge in [0.2, 0.25) is 11.6 Å². The Labute approximate surface area is 127 Å². The van der Waals surface area contributed by atoms with Crippen LogP contribution in [0.3, 0.4) is 0 Å². The fraction of sp³-hybridized carbons (Fsp3) is 0.444. The van der Waals surface area contributed by atoms with Gasteiger partial charge in [-0.05, 0) is 0 Å². The van der Waals surface area contributed by atoms with Gasteiger partial charge in [0, 0.05) is 0 Å². The molecule has 0 radical (unpaired) electrons. The molecule has 2 rings (SSSR count). The summed E-state index contributed by atoms with van der Waals surface area (Å²) < 4.78 is 11.9. The van der Waals surface area contributed by atoms with Crippen LogP contribution >= 0.6 is 19.4 Å². The molecular formula is C9H14N5O6PS. The number of aliphatic hydroxyl groups is 1. The Bertz CT molecular complexity index is 757. The number of nitrogens with zero attached hydrogens (tertiary/aromatic N) is 3. The van der Waals surface area contributed by atoms with Crippen molar-refractivity contribution in [2.45, 2.75) is 5.25 Å². The number of hydrogen-bond donors (Lipinski definition) is 5. The van der Waals surface area contributed by atoms with Gasteiger partial charge in [0.15, 0.2) is 5.52 Å². The normalized spacial score (nSPS) is 13.4. The lowest BCUT2D eigenvalue weighted by molar-refractivity contribution is 0.106. The zero-order valence-electron chi connectivity index (χ0n) is 11.1. The maximum absolute atomic E-state index is 11.6. The molecular weight excluding hydrogens is 337 g/mol. The Morgan fingerprint density at radius 3 is 2.91 bits per heavy atom. The molecule has 0 fully saturated rings. The van der Waals surface area contributed by atoms with Crippen LogP contribution in [0.15, 0.2) is 11.1 Å². The summed E-state index contributed by atoms with van der Waals surface area (Å²) in [5.41, 5.74) is 4.64. The fourth-order valence-corrected chi connectivity index (χ4v) is 3.40. The summed E-state index contributed by atoms with van der Waals surface area (Å²) in [6.07, 6.45) is 1.22. The zero-order chi connectivity index (χ0) is 16.3. The standard InChI is InChI=1S/C9H14N5O6PS/c10-9-12-7-6(8(16)13-9)11-3-14(7)20-2-5(1-15)22-4-21(17,18)19/h3,5,15H,1-2,4H2,(H2,17,18,19)(H3,10,12,13,16). The number of fused-ring (bicyclic) bond motifs is 1. The summed E-state index contributed by atoms with van der Waals surface area (Å²) in [7, 11) is -4.17. The van der Waals surface area contributed by atoms with E-state index in [9.17, 15) is 14.5 Å². The molecule has 0 aromatic carbocycles. The van der Waals surface area contributed by atoms with Crippen molar-refractivity contribution in [1.29, 1.82) is 0 Å². The summed E-state index contributed by atoms with van der Waals surface area (Å²) >= 11 is 0.877. The van der Waals surface area contributed by atoms with Crippen LogP contribution in [0.25, 0.3) is 11.2 Å². The first-order chi connectivity index (χ1) is 10.3. The van der Waals surface area contributed by atoms with Crippen LogP contribution in [0.1, 0.15) is 0 Å². The Hall–Kier alpha value is -1.59. The van der Waals surface area contributed by atoms with Gasteiger partial charge in [0.05, 0.1) is 17.4 Å². The molecule has 0 aliphatic carbocycles. The van der Waals surface area contributed by atoms with E-state index < -0.39 is 23.9 Å². The Morgan fingerprint density at radius 2 is 2.27 bits per heavy atom. The largest absolute Gasteiger partial charge is 0.410 e. The summed E-state index contributed by atoms with van der Waals surface area (Å²) in [4.78, 5) is 44.5. The third kappa shape index (κ3) is 4.21. The van der Waals surface area contributed by atoms with Crippen molar-refractivity contribution in [3.63, 3.8) is 0 Å². The van der Waals surface area contributed by atoms with E-state index in [0.717, 1.165) is 16.5 Å². The molecule has 1 unspecified atom stereocenters. The molecule has 0 spiro atoms. The Kier molecular flexibility index (Phi) is 5.08. The van der Waals surface area contributed by atoms with E-state index in [1.54, 1.807) is 0 Å². The number of nitrogens with one attached hydrogen (secondary N) is 1. The van der Waals surface area contributed by atoms with E-state index >= 15 is 0 Å². The van der Waals surface area contributed by atoms with Crippen molar-refractivity contribution < 1.29 is 24.3 Å². The number of aromatic nitrogens is 4. The van der Waals surface area contributed by atoms with Gasteiger partial charge in [-0.3, -0.25) is 14.3 Å². The van der Waals surface area contributed by atoms with E-state index in [4.69, 9.17) is 20.4 Å². The molecule has 0 aliphatic heterocycles. The summed E-state index contributed by atoms with van der Waals surface area (Å²) in [6.45, 7) is -0.408. The van der Waals surface area contributed by atoms with Crippen molar-refractivity contribution in [3.8, 4) is 0 Å². The molecule has 13 heteroatoms. The second-order valence-electron chi connectivity index (χ2n) is 4.25. The van der Waals surface area contributed by atoms with Crippen LogP contribution in [0.5, 0.6) is 0 Å². The molecule has 0 saturated carbocycles. The second kappa shape index (κ2) is 6.67. The topological polar surface area (TPSA) is 177 Å². The van der Waals surface area contributed by atoms with Gasteiger partial charge in [0.1, 0.15) is 12.9 Å². The molecule has 122 valence electrons. The van der Waals surface area contributed by atoms with E-state index in [2.05, 4.69) is 15.0 Å². The van der Waals surface area contributed by atoms with Crippen LogP contribution < -0.4 is 16.1 Å². The van der Waals surface area contributed by atoms with E-state index in [1.807, 2.05) is 0 Å². The predicted octanol–water partition coefficient (Wildman–Crippen LogP) is -1.64. The number of rotatable bonds is 7. The van der Waals surface area contributed by atoms with Gasteiger partial charge in [-0.25, -0.2) is 4.98 Å². The van der Waals surface area contributed by atoms with E-state index in [0.29, 0.717) is 0 Å². The molecule has 22 heavy (non-hydrogen) atoms.